The molecule has 0 N–H and O–H groups in total. The molecule has 1 aromatic rings. The molecule has 0 unspecified atom stereocenters. The van der Waals surface area contributed by atoms with Crippen LogP contribution in [0.1, 0.15) is 11.1 Å². The first kappa shape index (κ1) is 11.0. The van der Waals surface area contributed by atoms with Gasteiger partial charge in [0.1, 0.15) is 5.76 Å². The van der Waals surface area contributed by atoms with Crippen LogP contribution in [0, 0.1) is 3.57 Å². The van der Waals surface area contributed by atoms with Gasteiger partial charge in [-0.15, -0.1) is 0 Å². The Bertz CT molecular complexity index is 323. The third-order valence-electron chi connectivity index (χ3n) is 1.77. The van der Waals surface area contributed by atoms with Gasteiger partial charge < -0.3 is 4.74 Å². The van der Waals surface area contributed by atoms with Crippen LogP contribution in [0.4, 0.5) is 0 Å². The number of hydrogen-bond acceptors (Lipinski definition) is 1. The Morgan fingerprint density at radius 1 is 1.62 bits per heavy atom. The number of ether oxygens (including phenoxy) is 1. The van der Waals surface area contributed by atoms with E-state index in [1.54, 1.807) is 7.11 Å². The Hall–Kier alpha value is -0.0300. The number of benzene rings is 1. The molecule has 0 saturated carbocycles. The number of methoxy groups -OCH3 is 1. The van der Waals surface area contributed by atoms with Crippen LogP contribution in [0.3, 0.4) is 0 Å². The van der Waals surface area contributed by atoms with Crippen molar-refractivity contribution < 1.29 is 4.74 Å². The summed E-state index contributed by atoms with van der Waals surface area (Å²) >= 11 is 5.73. The van der Waals surface area contributed by atoms with E-state index in [-0.39, 0.29) is 0 Å². The van der Waals surface area contributed by atoms with Gasteiger partial charge in [0.15, 0.2) is 0 Å². The molecule has 1 rings (SSSR count). The van der Waals surface area contributed by atoms with E-state index in [2.05, 4.69) is 51.2 Å². The Balaban J connectivity index is 3.22. The molecule has 0 amide bonds. The topological polar surface area (TPSA) is 9.23 Å². The number of alkyl halides is 1. The molecule has 3 heteroatoms. The van der Waals surface area contributed by atoms with E-state index in [4.69, 9.17) is 4.74 Å². The summed E-state index contributed by atoms with van der Waals surface area (Å²) in [6.45, 7) is 3.87. The summed E-state index contributed by atoms with van der Waals surface area (Å²) in [5, 5.41) is 0.821. The lowest BCUT2D eigenvalue weighted by Crippen LogP contribution is -1.95. The predicted octanol–water partition coefficient (Wildman–Crippen LogP) is 3.80. The highest BCUT2D eigenvalue weighted by atomic mass is 127. The van der Waals surface area contributed by atoms with Crippen molar-refractivity contribution in [1.29, 1.82) is 0 Å². The van der Waals surface area contributed by atoms with Crippen molar-refractivity contribution in [3.05, 3.63) is 39.5 Å². The summed E-state index contributed by atoms with van der Waals surface area (Å²) in [6.07, 6.45) is 0. The molecule has 0 fully saturated rings. The van der Waals surface area contributed by atoms with E-state index in [0.29, 0.717) is 0 Å². The first-order chi connectivity index (χ1) is 6.20. The molecule has 13 heavy (non-hydrogen) atoms. The van der Waals surface area contributed by atoms with Crippen LogP contribution in [0.15, 0.2) is 24.8 Å². The predicted molar refractivity (Wildman–Crippen MR) is 67.8 cm³/mol. The molecule has 0 bridgehead atoms. The van der Waals surface area contributed by atoms with Gasteiger partial charge >= 0.3 is 0 Å². The zero-order chi connectivity index (χ0) is 9.84. The van der Waals surface area contributed by atoms with Crippen LogP contribution in [-0.2, 0) is 10.1 Å². The number of halogens is 2. The maximum atomic E-state index is 5.14. The Kier molecular flexibility index (Phi) is 4.25. The summed E-state index contributed by atoms with van der Waals surface area (Å²) < 4.78 is 6.31. The lowest BCUT2D eigenvalue weighted by atomic mass is 10.1. The van der Waals surface area contributed by atoms with Gasteiger partial charge in [-0.25, -0.2) is 0 Å². The van der Waals surface area contributed by atoms with Crippen LogP contribution >= 0.6 is 38.5 Å². The van der Waals surface area contributed by atoms with Crippen molar-refractivity contribution in [1.82, 2.24) is 0 Å². The SMILES string of the molecule is C=C(OC)c1c(I)cccc1CBr. The minimum absolute atomic E-state index is 0.722. The van der Waals surface area contributed by atoms with Crippen LogP contribution in [0.5, 0.6) is 0 Å². The third kappa shape index (κ3) is 2.47. The van der Waals surface area contributed by atoms with E-state index < -0.39 is 0 Å². The number of hydrogen-bond donors (Lipinski definition) is 0. The molecule has 70 valence electrons. The van der Waals surface area contributed by atoms with Crippen LogP contribution in [0.25, 0.3) is 5.76 Å². The molecule has 0 aliphatic rings. The van der Waals surface area contributed by atoms with Gasteiger partial charge in [-0.1, -0.05) is 34.6 Å². The summed E-state index contributed by atoms with van der Waals surface area (Å²) in [5.41, 5.74) is 2.31. The average Bonchev–Trinajstić information content (AvgIpc) is 2.16. The van der Waals surface area contributed by atoms with Gasteiger partial charge in [-0.05, 0) is 34.2 Å². The summed E-state index contributed by atoms with van der Waals surface area (Å²) in [4.78, 5) is 0. The molecular formula is C10H10BrIO. The van der Waals surface area contributed by atoms with Crippen molar-refractivity contribution in [3.63, 3.8) is 0 Å². The Morgan fingerprint density at radius 2 is 2.31 bits per heavy atom. The first-order valence-corrected chi connectivity index (χ1v) is 5.97. The zero-order valence-electron chi connectivity index (χ0n) is 7.31. The van der Waals surface area contributed by atoms with Gasteiger partial charge in [0.25, 0.3) is 0 Å². The molecule has 0 heterocycles. The third-order valence-corrected chi connectivity index (χ3v) is 3.27. The smallest absolute Gasteiger partial charge is 0.120 e. The minimum atomic E-state index is 0.722. The molecular weight excluding hydrogens is 343 g/mol. The molecule has 0 saturated heterocycles. The highest BCUT2D eigenvalue weighted by Crippen LogP contribution is 2.25. The normalized spacial score (nSPS) is 9.77. The van der Waals surface area contributed by atoms with E-state index in [1.807, 2.05) is 12.1 Å². The summed E-state index contributed by atoms with van der Waals surface area (Å²) in [6, 6.07) is 6.15. The molecule has 0 aliphatic heterocycles. The van der Waals surface area contributed by atoms with Gasteiger partial charge in [0.05, 0.1) is 7.11 Å². The fourth-order valence-electron chi connectivity index (χ4n) is 1.09. The molecule has 0 atom stereocenters. The maximum Gasteiger partial charge on any atom is 0.120 e. The van der Waals surface area contributed by atoms with Crippen molar-refractivity contribution in [2.45, 2.75) is 5.33 Å². The van der Waals surface area contributed by atoms with Gasteiger partial charge in [0.2, 0.25) is 0 Å². The van der Waals surface area contributed by atoms with Crippen LogP contribution < -0.4 is 0 Å². The molecule has 0 spiro atoms. The van der Waals surface area contributed by atoms with E-state index >= 15 is 0 Å². The molecule has 0 aliphatic carbocycles. The van der Waals surface area contributed by atoms with E-state index in [0.717, 1.165) is 16.7 Å². The second-order valence-electron chi connectivity index (χ2n) is 2.53. The highest BCUT2D eigenvalue weighted by molar-refractivity contribution is 14.1. The first-order valence-electron chi connectivity index (χ1n) is 3.77. The second-order valence-corrected chi connectivity index (χ2v) is 4.26. The molecule has 1 nitrogen and oxygen atoms in total. The van der Waals surface area contributed by atoms with E-state index in [1.165, 1.54) is 9.13 Å². The quantitative estimate of drug-likeness (QED) is 0.456. The van der Waals surface area contributed by atoms with Gasteiger partial charge in [-0.3, -0.25) is 0 Å². The van der Waals surface area contributed by atoms with Crippen LogP contribution in [-0.4, -0.2) is 7.11 Å². The molecule has 0 aromatic heterocycles. The Labute approximate surface area is 100 Å². The lowest BCUT2D eigenvalue weighted by molar-refractivity contribution is 0.371. The monoisotopic (exact) mass is 352 g/mol. The fraction of sp³-hybridized carbons (Fsp3) is 0.200. The molecule has 1 aromatic carbocycles. The second kappa shape index (κ2) is 5.00. The largest absolute Gasteiger partial charge is 0.497 e. The minimum Gasteiger partial charge on any atom is -0.497 e. The number of rotatable bonds is 3. The summed E-state index contributed by atoms with van der Waals surface area (Å²) in [5.74, 6) is 0.722. The Morgan fingerprint density at radius 3 is 2.85 bits per heavy atom. The lowest BCUT2D eigenvalue weighted by Gasteiger charge is -2.10. The van der Waals surface area contributed by atoms with Crippen molar-refractivity contribution in [2.75, 3.05) is 7.11 Å². The van der Waals surface area contributed by atoms with Crippen LogP contribution in [0.2, 0.25) is 0 Å². The average molecular weight is 353 g/mol. The van der Waals surface area contributed by atoms with Crippen molar-refractivity contribution >= 4 is 44.3 Å². The van der Waals surface area contributed by atoms with Gasteiger partial charge in [-0.2, -0.15) is 0 Å². The molecule has 0 radical (unpaired) electrons. The van der Waals surface area contributed by atoms with E-state index in [9.17, 15) is 0 Å². The highest BCUT2D eigenvalue weighted by Gasteiger charge is 2.08. The van der Waals surface area contributed by atoms with Gasteiger partial charge in [0, 0.05) is 14.5 Å². The maximum absolute atomic E-state index is 5.14. The summed E-state index contributed by atoms with van der Waals surface area (Å²) in [7, 11) is 1.64. The standard InChI is InChI=1S/C10H10BrIO/c1-7(13-2)10-8(6-11)4-3-5-9(10)12/h3-5H,1,6H2,2H3. The fourth-order valence-corrected chi connectivity index (χ4v) is 2.42. The van der Waals surface area contributed by atoms with Crippen molar-refractivity contribution in [2.24, 2.45) is 0 Å². The zero-order valence-corrected chi connectivity index (χ0v) is 11.1. The van der Waals surface area contributed by atoms with Crippen molar-refractivity contribution in [3.8, 4) is 0 Å².